The molecule has 1 aromatic heterocycles. The van der Waals surface area contributed by atoms with Gasteiger partial charge >= 0.3 is 0 Å². The number of fused-ring (bicyclic) bond motifs is 1. The number of ketones is 1. The van der Waals surface area contributed by atoms with E-state index in [0.29, 0.717) is 11.4 Å². The summed E-state index contributed by atoms with van der Waals surface area (Å²) >= 11 is 0. The van der Waals surface area contributed by atoms with Crippen molar-refractivity contribution in [2.45, 2.75) is 25.9 Å². The Morgan fingerprint density at radius 3 is 2.38 bits per heavy atom. The SMILES string of the molecule is COc1ccc(CC(=O)NC(C)c2nc3ccccc3n2CC(=O)c2ccccc2)cc1. The maximum Gasteiger partial charge on any atom is 0.224 e. The number of ether oxygens (including phenoxy) is 1. The molecule has 0 saturated carbocycles. The number of hydrogen-bond donors (Lipinski definition) is 1. The van der Waals surface area contributed by atoms with E-state index in [2.05, 4.69) is 5.32 Å². The molecule has 4 rings (SSSR count). The molecule has 32 heavy (non-hydrogen) atoms. The van der Waals surface area contributed by atoms with E-state index in [0.717, 1.165) is 22.3 Å². The van der Waals surface area contributed by atoms with Crippen LogP contribution >= 0.6 is 0 Å². The number of amides is 1. The van der Waals surface area contributed by atoms with E-state index in [9.17, 15) is 9.59 Å². The summed E-state index contributed by atoms with van der Waals surface area (Å²) in [6.45, 7) is 2.04. The van der Waals surface area contributed by atoms with Crippen LogP contribution in [-0.2, 0) is 17.8 Å². The highest BCUT2D eigenvalue weighted by molar-refractivity contribution is 5.96. The molecule has 1 amide bonds. The Morgan fingerprint density at radius 1 is 0.969 bits per heavy atom. The molecule has 0 aliphatic heterocycles. The summed E-state index contributed by atoms with van der Waals surface area (Å²) in [5, 5.41) is 3.02. The van der Waals surface area contributed by atoms with Gasteiger partial charge in [-0.25, -0.2) is 4.98 Å². The maximum absolute atomic E-state index is 12.9. The summed E-state index contributed by atoms with van der Waals surface area (Å²) in [4.78, 5) is 30.3. The molecule has 1 unspecified atom stereocenters. The summed E-state index contributed by atoms with van der Waals surface area (Å²) in [6, 6.07) is 23.9. The number of nitrogens with zero attached hydrogens (tertiary/aromatic N) is 2. The molecule has 6 nitrogen and oxygen atoms in total. The van der Waals surface area contributed by atoms with Crippen LogP contribution in [0.2, 0.25) is 0 Å². The average molecular weight is 428 g/mol. The first-order valence-corrected chi connectivity index (χ1v) is 10.5. The van der Waals surface area contributed by atoms with Crippen molar-refractivity contribution in [2.24, 2.45) is 0 Å². The van der Waals surface area contributed by atoms with E-state index >= 15 is 0 Å². The van der Waals surface area contributed by atoms with Gasteiger partial charge in [-0.2, -0.15) is 0 Å². The van der Waals surface area contributed by atoms with Crippen LogP contribution in [0.1, 0.15) is 34.7 Å². The minimum Gasteiger partial charge on any atom is -0.497 e. The summed E-state index contributed by atoms with van der Waals surface area (Å²) in [7, 11) is 1.61. The van der Waals surface area contributed by atoms with Crippen LogP contribution in [0.15, 0.2) is 78.9 Å². The van der Waals surface area contributed by atoms with Crippen LogP contribution in [0.5, 0.6) is 5.75 Å². The number of para-hydroxylation sites is 2. The topological polar surface area (TPSA) is 73.2 Å². The van der Waals surface area contributed by atoms with Crippen molar-refractivity contribution in [3.8, 4) is 5.75 Å². The fraction of sp³-hybridized carbons (Fsp3) is 0.192. The molecular weight excluding hydrogens is 402 g/mol. The molecule has 0 aliphatic rings. The van der Waals surface area contributed by atoms with Crippen molar-refractivity contribution in [3.05, 3.63) is 95.8 Å². The maximum atomic E-state index is 12.9. The average Bonchev–Trinajstić information content (AvgIpc) is 3.18. The second-order valence-corrected chi connectivity index (χ2v) is 7.65. The third kappa shape index (κ3) is 4.70. The summed E-state index contributed by atoms with van der Waals surface area (Å²) in [6.07, 6.45) is 0.248. The molecule has 162 valence electrons. The van der Waals surface area contributed by atoms with Gasteiger partial charge in [0.05, 0.1) is 37.2 Å². The van der Waals surface area contributed by atoms with Gasteiger partial charge in [-0.15, -0.1) is 0 Å². The van der Waals surface area contributed by atoms with Crippen LogP contribution in [0.25, 0.3) is 11.0 Å². The van der Waals surface area contributed by atoms with Gasteiger partial charge in [-0.1, -0.05) is 54.6 Å². The Bertz CT molecular complexity index is 1230. The second-order valence-electron chi connectivity index (χ2n) is 7.65. The number of nitrogens with one attached hydrogen (secondary N) is 1. The number of rotatable bonds is 8. The molecule has 0 saturated heterocycles. The third-order valence-corrected chi connectivity index (χ3v) is 5.37. The monoisotopic (exact) mass is 427 g/mol. The fourth-order valence-electron chi connectivity index (χ4n) is 3.74. The predicted octanol–water partition coefficient (Wildman–Crippen LogP) is 4.35. The van der Waals surface area contributed by atoms with Crippen LogP contribution in [0, 0.1) is 0 Å². The van der Waals surface area contributed by atoms with Gasteiger partial charge in [-0.3, -0.25) is 9.59 Å². The smallest absolute Gasteiger partial charge is 0.224 e. The lowest BCUT2D eigenvalue weighted by atomic mass is 10.1. The molecule has 4 aromatic rings. The molecular formula is C26H25N3O3. The lowest BCUT2D eigenvalue weighted by Crippen LogP contribution is -2.30. The molecule has 0 fully saturated rings. The van der Waals surface area contributed by atoms with Gasteiger partial charge in [0.2, 0.25) is 5.91 Å². The molecule has 1 atom stereocenters. The highest BCUT2D eigenvalue weighted by atomic mass is 16.5. The number of carbonyl (C=O) groups is 2. The van der Waals surface area contributed by atoms with Crippen LogP contribution in [0.3, 0.4) is 0 Å². The molecule has 1 N–H and O–H groups in total. The largest absolute Gasteiger partial charge is 0.497 e. The Labute approximate surface area is 186 Å². The van der Waals surface area contributed by atoms with Gasteiger partial charge in [0.15, 0.2) is 5.78 Å². The highest BCUT2D eigenvalue weighted by Gasteiger charge is 2.20. The van der Waals surface area contributed by atoms with E-state index in [1.807, 2.05) is 78.2 Å². The summed E-state index contributed by atoms with van der Waals surface area (Å²) in [5.74, 6) is 1.28. The lowest BCUT2D eigenvalue weighted by Gasteiger charge is -2.16. The van der Waals surface area contributed by atoms with Crippen molar-refractivity contribution < 1.29 is 14.3 Å². The van der Waals surface area contributed by atoms with Crippen molar-refractivity contribution in [3.63, 3.8) is 0 Å². The number of methoxy groups -OCH3 is 1. The molecule has 0 radical (unpaired) electrons. The van der Waals surface area contributed by atoms with Crippen LogP contribution in [0.4, 0.5) is 0 Å². The highest BCUT2D eigenvalue weighted by Crippen LogP contribution is 2.22. The number of carbonyl (C=O) groups excluding carboxylic acids is 2. The Morgan fingerprint density at radius 2 is 1.66 bits per heavy atom. The molecule has 0 bridgehead atoms. The number of aromatic nitrogens is 2. The number of hydrogen-bond acceptors (Lipinski definition) is 4. The van der Waals surface area contributed by atoms with Crippen molar-refractivity contribution in [2.75, 3.05) is 7.11 Å². The standard InChI is InChI=1S/C26H25N3O3/c1-18(27-25(31)16-19-12-14-21(32-2)15-13-19)26-28-22-10-6-7-11-23(22)29(26)17-24(30)20-8-4-3-5-9-20/h3-15,18H,16-17H2,1-2H3,(H,27,31). The minimum atomic E-state index is -0.364. The normalized spacial score (nSPS) is 11.8. The molecule has 0 aliphatic carbocycles. The first kappa shape index (κ1) is 21.3. The lowest BCUT2D eigenvalue weighted by molar-refractivity contribution is -0.121. The quantitative estimate of drug-likeness (QED) is 0.425. The Balaban J connectivity index is 1.55. The summed E-state index contributed by atoms with van der Waals surface area (Å²) in [5.41, 5.74) is 3.19. The van der Waals surface area contributed by atoms with Gasteiger partial charge in [0, 0.05) is 5.56 Å². The Hall–Kier alpha value is -3.93. The van der Waals surface area contributed by atoms with E-state index in [1.165, 1.54) is 0 Å². The zero-order valence-corrected chi connectivity index (χ0v) is 18.1. The first-order chi connectivity index (χ1) is 15.5. The first-order valence-electron chi connectivity index (χ1n) is 10.5. The minimum absolute atomic E-state index is 0.00763. The molecule has 0 spiro atoms. The number of benzene rings is 3. The van der Waals surface area contributed by atoms with Gasteiger partial charge in [0.25, 0.3) is 0 Å². The summed E-state index contributed by atoms with van der Waals surface area (Å²) < 4.78 is 7.05. The second kappa shape index (κ2) is 9.47. The van der Waals surface area contributed by atoms with Gasteiger partial charge in [0.1, 0.15) is 11.6 Å². The molecule has 6 heteroatoms. The van der Waals surface area contributed by atoms with E-state index in [1.54, 1.807) is 19.2 Å². The van der Waals surface area contributed by atoms with Crippen LogP contribution in [-0.4, -0.2) is 28.4 Å². The molecule has 3 aromatic carbocycles. The van der Waals surface area contributed by atoms with Crippen LogP contribution < -0.4 is 10.1 Å². The van der Waals surface area contributed by atoms with Crippen molar-refractivity contribution in [1.29, 1.82) is 0 Å². The molecule has 1 heterocycles. The number of Topliss-reactive ketones (excluding diaryl/α,β-unsaturated/α-hetero) is 1. The third-order valence-electron chi connectivity index (χ3n) is 5.37. The van der Waals surface area contributed by atoms with E-state index in [-0.39, 0.29) is 30.7 Å². The van der Waals surface area contributed by atoms with Gasteiger partial charge < -0.3 is 14.6 Å². The zero-order chi connectivity index (χ0) is 22.5. The number of imidazole rings is 1. The predicted molar refractivity (Wildman–Crippen MR) is 124 cm³/mol. The van der Waals surface area contributed by atoms with E-state index in [4.69, 9.17) is 9.72 Å². The Kier molecular flexibility index (Phi) is 6.31. The zero-order valence-electron chi connectivity index (χ0n) is 18.1. The van der Waals surface area contributed by atoms with E-state index < -0.39 is 0 Å². The van der Waals surface area contributed by atoms with Crippen molar-refractivity contribution >= 4 is 22.7 Å². The van der Waals surface area contributed by atoms with Crippen molar-refractivity contribution in [1.82, 2.24) is 14.9 Å². The van der Waals surface area contributed by atoms with Gasteiger partial charge in [-0.05, 0) is 36.8 Å². The fourth-order valence-corrected chi connectivity index (χ4v) is 3.74.